The maximum atomic E-state index is 13.2. The van der Waals surface area contributed by atoms with Crippen molar-refractivity contribution in [2.75, 3.05) is 18.4 Å². The van der Waals surface area contributed by atoms with Crippen molar-refractivity contribution in [1.82, 2.24) is 4.90 Å². The van der Waals surface area contributed by atoms with E-state index in [-0.39, 0.29) is 22.8 Å². The van der Waals surface area contributed by atoms with Crippen LogP contribution in [0.25, 0.3) is 0 Å². The molecule has 2 N–H and O–H groups in total. The Balaban J connectivity index is 1.77. The van der Waals surface area contributed by atoms with Gasteiger partial charge in [0.15, 0.2) is 0 Å². The van der Waals surface area contributed by atoms with Gasteiger partial charge < -0.3 is 15.3 Å². The number of benzene rings is 2. The van der Waals surface area contributed by atoms with Gasteiger partial charge in [0.1, 0.15) is 11.4 Å². The summed E-state index contributed by atoms with van der Waals surface area (Å²) in [5.41, 5.74) is 2.21. The molecule has 142 valence electrons. The Hall–Kier alpha value is -3.41. The highest BCUT2D eigenvalue weighted by Crippen LogP contribution is 2.31. The Kier molecular flexibility index (Phi) is 4.69. The van der Waals surface area contributed by atoms with Crippen LogP contribution in [0, 0.1) is 0 Å². The summed E-state index contributed by atoms with van der Waals surface area (Å²) in [6.45, 7) is 1.47. The van der Waals surface area contributed by atoms with E-state index in [2.05, 4.69) is 5.32 Å². The fourth-order valence-electron chi connectivity index (χ4n) is 3.74. The Morgan fingerprint density at radius 2 is 1.46 bits per heavy atom. The summed E-state index contributed by atoms with van der Waals surface area (Å²) in [7, 11) is 0. The normalized spacial score (nSPS) is 16.8. The molecule has 28 heavy (non-hydrogen) atoms. The van der Waals surface area contributed by atoms with Crippen molar-refractivity contribution in [3.05, 3.63) is 76.6 Å². The molecule has 1 aliphatic heterocycles. The van der Waals surface area contributed by atoms with Crippen LogP contribution < -0.4 is 5.32 Å². The Bertz CT molecular complexity index is 986. The van der Waals surface area contributed by atoms with Crippen LogP contribution in [0.5, 0.6) is 0 Å². The van der Waals surface area contributed by atoms with Gasteiger partial charge in [-0.05, 0) is 43.5 Å². The summed E-state index contributed by atoms with van der Waals surface area (Å²) in [6.07, 6.45) is 3.07. The van der Waals surface area contributed by atoms with Crippen molar-refractivity contribution in [3.63, 3.8) is 0 Å². The summed E-state index contributed by atoms with van der Waals surface area (Å²) in [5.74, 6) is -1.39. The Labute approximate surface area is 162 Å². The highest BCUT2D eigenvalue weighted by molar-refractivity contribution is 6.27. The molecule has 0 saturated carbocycles. The number of hydrogen-bond donors (Lipinski definition) is 2. The summed E-state index contributed by atoms with van der Waals surface area (Å²) in [5, 5.41) is 12.2. The van der Waals surface area contributed by atoms with Crippen LogP contribution in [0.1, 0.15) is 50.3 Å². The third-order valence-electron chi connectivity index (χ3n) is 5.17. The maximum Gasteiger partial charge on any atom is 0.335 e. The van der Waals surface area contributed by atoms with Gasteiger partial charge in [-0.25, -0.2) is 4.79 Å². The van der Waals surface area contributed by atoms with Crippen molar-refractivity contribution in [1.29, 1.82) is 0 Å². The number of ketones is 2. The lowest BCUT2D eigenvalue weighted by molar-refractivity contribution is 0.0696. The van der Waals surface area contributed by atoms with Crippen LogP contribution >= 0.6 is 0 Å². The highest BCUT2D eigenvalue weighted by atomic mass is 16.4. The summed E-state index contributed by atoms with van der Waals surface area (Å²) in [6, 6.07) is 13.0. The zero-order valence-corrected chi connectivity index (χ0v) is 15.3. The van der Waals surface area contributed by atoms with Gasteiger partial charge in [0.2, 0.25) is 11.6 Å². The van der Waals surface area contributed by atoms with Gasteiger partial charge in [-0.15, -0.1) is 0 Å². The number of fused-ring (bicyclic) bond motifs is 1. The number of carboxylic acid groups (broad SMARTS) is 1. The van der Waals surface area contributed by atoms with Gasteiger partial charge in [0.25, 0.3) is 0 Å². The van der Waals surface area contributed by atoms with Crippen LogP contribution in [-0.2, 0) is 0 Å². The number of hydrogen-bond acceptors (Lipinski definition) is 5. The van der Waals surface area contributed by atoms with E-state index in [1.54, 1.807) is 36.4 Å². The Morgan fingerprint density at radius 1 is 0.857 bits per heavy atom. The number of carbonyl (C=O) groups excluding carboxylic acids is 2. The average Bonchev–Trinajstić information content (AvgIpc) is 2.73. The van der Waals surface area contributed by atoms with Gasteiger partial charge in [0.05, 0.1) is 5.56 Å². The first-order valence-electron chi connectivity index (χ1n) is 9.34. The minimum absolute atomic E-state index is 0.151. The third-order valence-corrected chi connectivity index (χ3v) is 5.17. The molecule has 0 amide bonds. The molecule has 1 aliphatic carbocycles. The zero-order chi connectivity index (χ0) is 19.7. The van der Waals surface area contributed by atoms with Crippen molar-refractivity contribution in [2.45, 2.75) is 19.3 Å². The monoisotopic (exact) mass is 376 g/mol. The smallest absolute Gasteiger partial charge is 0.335 e. The number of aromatic carboxylic acids is 1. The molecule has 2 aromatic rings. The Morgan fingerprint density at radius 3 is 2.07 bits per heavy atom. The molecular formula is C22H20N2O4. The van der Waals surface area contributed by atoms with Gasteiger partial charge in [-0.1, -0.05) is 24.3 Å². The lowest BCUT2D eigenvalue weighted by Gasteiger charge is -2.34. The van der Waals surface area contributed by atoms with Crippen molar-refractivity contribution in [2.24, 2.45) is 0 Å². The fourth-order valence-corrected chi connectivity index (χ4v) is 3.74. The topological polar surface area (TPSA) is 86.7 Å². The van der Waals surface area contributed by atoms with Crippen LogP contribution in [0.3, 0.4) is 0 Å². The van der Waals surface area contributed by atoms with E-state index >= 15 is 0 Å². The molecule has 0 unspecified atom stereocenters. The summed E-state index contributed by atoms with van der Waals surface area (Å²) < 4.78 is 0. The molecule has 4 rings (SSSR count). The molecule has 1 saturated heterocycles. The minimum atomic E-state index is -1.02. The van der Waals surface area contributed by atoms with Crippen LogP contribution in [0.15, 0.2) is 59.9 Å². The number of carboxylic acids is 1. The summed E-state index contributed by atoms with van der Waals surface area (Å²) in [4.78, 5) is 39.5. The molecule has 1 heterocycles. The third kappa shape index (κ3) is 3.17. The lowest BCUT2D eigenvalue weighted by Crippen LogP contribution is -2.39. The predicted molar refractivity (Wildman–Crippen MR) is 105 cm³/mol. The second-order valence-electron chi connectivity index (χ2n) is 6.98. The van der Waals surface area contributed by atoms with E-state index in [1.807, 2.05) is 4.90 Å². The number of allylic oxidation sites excluding steroid dienone is 2. The SMILES string of the molecule is O=C(O)c1ccc(NC2=C(N3CCCCC3)C(=O)c3ccccc3C2=O)cc1. The van der Waals surface area contributed by atoms with Gasteiger partial charge in [-0.3, -0.25) is 9.59 Å². The summed E-state index contributed by atoms with van der Waals surface area (Å²) >= 11 is 0. The molecule has 0 radical (unpaired) electrons. The molecule has 1 fully saturated rings. The minimum Gasteiger partial charge on any atom is -0.478 e. The number of likely N-dealkylation sites (tertiary alicyclic amines) is 1. The van der Waals surface area contributed by atoms with Gasteiger partial charge >= 0.3 is 5.97 Å². The number of anilines is 1. The number of Topliss-reactive ketones (excluding diaryl/α,β-unsaturated/α-hetero) is 2. The van der Waals surface area contributed by atoms with Crippen LogP contribution in [-0.4, -0.2) is 40.6 Å². The molecule has 0 spiro atoms. The number of nitrogens with zero attached hydrogens (tertiary/aromatic N) is 1. The molecule has 0 bridgehead atoms. The van der Waals surface area contributed by atoms with Crippen molar-refractivity contribution in [3.8, 4) is 0 Å². The van der Waals surface area contributed by atoms with E-state index in [9.17, 15) is 14.4 Å². The molecule has 0 aromatic heterocycles. The second-order valence-corrected chi connectivity index (χ2v) is 6.98. The number of rotatable bonds is 4. The van der Waals surface area contributed by atoms with E-state index in [1.165, 1.54) is 12.1 Å². The van der Waals surface area contributed by atoms with E-state index in [4.69, 9.17) is 5.11 Å². The molecule has 0 atom stereocenters. The van der Waals surface area contributed by atoms with Crippen LogP contribution in [0.2, 0.25) is 0 Å². The number of carbonyl (C=O) groups is 3. The fraction of sp³-hybridized carbons (Fsp3) is 0.227. The number of nitrogens with one attached hydrogen (secondary N) is 1. The van der Waals surface area contributed by atoms with Crippen molar-refractivity contribution >= 4 is 23.2 Å². The standard InChI is InChI=1S/C22H20N2O4/c25-20-16-6-2-3-7-17(16)21(26)19(24-12-4-1-5-13-24)18(20)23-15-10-8-14(9-11-15)22(27)28/h2-3,6-11,23H,1,4-5,12-13H2,(H,27,28). The average molecular weight is 376 g/mol. The molecular weight excluding hydrogens is 356 g/mol. The lowest BCUT2D eigenvalue weighted by atomic mass is 9.89. The quantitative estimate of drug-likeness (QED) is 0.848. The maximum absolute atomic E-state index is 13.2. The predicted octanol–water partition coefficient (Wildman–Crippen LogP) is 3.57. The van der Waals surface area contributed by atoms with E-state index in [0.717, 1.165) is 32.4 Å². The van der Waals surface area contributed by atoms with Gasteiger partial charge in [-0.2, -0.15) is 0 Å². The first kappa shape index (κ1) is 18.0. The van der Waals surface area contributed by atoms with Crippen LogP contribution in [0.4, 0.5) is 5.69 Å². The van der Waals surface area contributed by atoms with E-state index in [0.29, 0.717) is 22.5 Å². The second kappa shape index (κ2) is 7.31. The van der Waals surface area contributed by atoms with Crippen molar-refractivity contribution < 1.29 is 19.5 Å². The molecule has 6 heteroatoms. The molecule has 2 aromatic carbocycles. The molecule has 6 nitrogen and oxygen atoms in total. The first-order chi connectivity index (χ1) is 13.6. The highest BCUT2D eigenvalue weighted by Gasteiger charge is 2.35. The zero-order valence-electron chi connectivity index (χ0n) is 15.3. The molecule has 2 aliphatic rings. The number of piperidine rings is 1. The largest absolute Gasteiger partial charge is 0.478 e. The first-order valence-corrected chi connectivity index (χ1v) is 9.34. The van der Waals surface area contributed by atoms with E-state index < -0.39 is 5.97 Å². The van der Waals surface area contributed by atoms with Gasteiger partial charge in [0, 0.05) is 29.9 Å².